The van der Waals surface area contributed by atoms with Crippen LogP contribution in [0.3, 0.4) is 0 Å². The van der Waals surface area contributed by atoms with Crippen molar-refractivity contribution >= 4 is 15.7 Å². The molecule has 0 heterocycles. The number of nitro benzene ring substituents is 1. The predicted molar refractivity (Wildman–Crippen MR) is 78.5 cm³/mol. The van der Waals surface area contributed by atoms with Crippen molar-refractivity contribution in [3.8, 4) is 0 Å². The van der Waals surface area contributed by atoms with Crippen LogP contribution in [-0.4, -0.2) is 25.9 Å². The summed E-state index contributed by atoms with van der Waals surface area (Å²) in [7, 11) is -3.73. The molecular formula is C13H19N3O4S. The van der Waals surface area contributed by atoms with Crippen LogP contribution in [0.25, 0.3) is 0 Å². The second-order valence-corrected chi connectivity index (χ2v) is 7.12. The van der Waals surface area contributed by atoms with Crippen molar-refractivity contribution < 1.29 is 13.3 Å². The van der Waals surface area contributed by atoms with E-state index in [9.17, 15) is 18.5 Å². The Balaban J connectivity index is 2.37. The van der Waals surface area contributed by atoms with Crippen molar-refractivity contribution in [1.82, 2.24) is 4.72 Å². The second-order valence-electron chi connectivity index (χ2n) is 5.47. The Morgan fingerprint density at radius 1 is 1.38 bits per heavy atom. The minimum absolute atomic E-state index is 0.104. The lowest BCUT2D eigenvalue weighted by molar-refractivity contribution is -0.385. The van der Waals surface area contributed by atoms with E-state index in [4.69, 9.17) is 5.73 Å². The predicted octanol–water partition coefficient (Wildman–Crippen LogP) is 1.23. The van der Waals surface area contributed by atoms with E-state index in [0.717, 1.165) is 12.8 Å². The van der Waals surface area contributed by atoms with Crippen LogP contribution in [0.2, 0.25) is 0 Å². The number of sulfonamides is 1. The van der Waals surface area contributed by atoms with E-state index in [2.05, 4.69) is 4.72 Å². The highest BCUT2D eigenvalue weighted by atomic mass is 32.2. The Kier molecular flexibility index (Phi) is 4.31. The molecule has 0 saturated heterocycles. The molecule has 0 aromatic heterocycles. The highest BCUT2D eigenvalue weighted by molar-refractivity contribution is 7.89. The van der Waals surface area contributed by atoms with E-state index in [1.807, 2.05) is 0 Å². The van der Waals surface area contributed by atoms with Crippen molar-refractivity contribution in [3.63, 3.8) is 0 Å². The largest absolute Gasteiger partial charge is 0.329 e. The van der Waals surface area contributed by atoms with Crippen LogP contribution in [0, 0.1) is 29.9 Å². The zero-order valence-corrected chi connectivity index (χ0v) is 12.8. The van der Waals surface area contributed by atoms with Gasteiger partial charge in [0.15, 0.2) is 0 Å². The SMILES string of the molecule is Cc1cc([N+](=O)[O-])cc(C)c1S(=O)(=O)N[C@@H](CN)C1CC1. The lowest BCUT2D eigenvalue weighted by Gasteiger charge is -2.18. The minimum atomic E-state index is -3.73. The van der Waals surface area contributed by atoms with E-state index >= 15 is 0 Å². The molecule has 0 aliphatic heterocycles. The fourth-order valence-corrected chi connectivity index (χ4v) is 4.32. The Hall–Kier alpha value is -1.51. The zero-order chi connectivity index (χ0) is 15.8. The van der Waals surface area contributed by atoms with Crippen LogP contribution in [-0.2, 0) is 10.0 Å². The van der Waals surface area contributed by atoms with Gasteiger partial charge in [0.1, 0.15) is 0 Å². The van der Waals surface area contributed by atoms with Gasteiger partial charge in [-0.15, -0.1) is 0 Å². The number of hydrogen-bond donors (Lipinski definition) is 2. The number of nitrogens with two attached hydrogens (primary N) is 1. The van der Waals surface area contributed by atoms with Gasteiger partial charge in [-0.1, -0.05) is 0 Å². The van der Waals surface area contributed by atoms with Crippen molar-refractivity contribution in [2.24, 2.45) is 11.7 Å². The molecule has 1 atom stereocenters. The topological polar surface area (TPSA) is 115 Å². The molecule has 0 bridgehead atoms. The van der Waals surface area contributed by atoms with Gasteiger partial charge in [0.25, 0.3) is 5.69 Å². The Labute approximate surface area is 123 Å². The highest BCUT2D eigenvalue weighted by Gasteiger charge is 2.34. The van der Waals surface area contributed by atoms with Gasteiger partial charge in [-0.25, -0.2) is 13.1 Å². The maximum absolute atomic E-state index is 12.5. The van der Waals surface area contributed by atoms with Gasteiger partial charge in [0.05, 0.1) is 9.82 Å². The third kappa shape index (κ3) is 3.39. The fraction of sp³-hybridized carbons (Fsp3) is 0.538. The number of non-ortho nitro benzene ring substituents is 1. The quantitative estimate of drug-likeness (QED) is 0.605. The first-order chi connectivity index (χ1) is 9.76. The molecule has 1 aliphatic carbocycles. The van der Waals surface area contributed by atoms with Crippen LogP contribution >= 0.6 is 0 Å². The van der Waals surface area contributed by atoms with Gasteiger partial charge >= 0.3 is 0 Å². The molecule has 2 rings (SSSR count). The first kappa shape index (κ1) is 15.9. The second kappa shape index (κ2) is 5.70. The summed E-state index contributed by atoms with van der Waals surface area (Å²) in [5.41, 5.74) is 6.24. The minimum Gasteiger partial charge on any atom is -0.329 e. The van der Waals surface area contributed by atoms with Crippen molar-refractivity contribution in [3.05, 3.63) is 33.4 Å². The van der Waals surface area contributed by atoms with Crippen molar-refractivity contribution in [2.45, 2.75) is 37.6 Å². The van der Waals surface area contributed by atoms with Crippen LogP contribution in [0.5, 0.6) is 0 Å². The molecule has 1 fully saturated rings. The summed E-state index contributed by atoms with van der Waals surface area (Å²) in [6, 6.07) is 2.27. The first-order valence-corrected chi connectivity index (χ1v) is 8.22. The molecule has 3 N–H and O–H groups in total. The molecule has 1 aromatic carbocycles. The standard InChI is InChI=1S/C13H19N3O4S/c1-8-5-11(16(17)18)6-9(2)13(8)21(19,20)15-12(7-14)10-3-4-10/h5-6,10,12,15H,3-4,7,14H2,1-2H3/t12-/m0/s1. The summed E-state index contributed by atoms with van der Waals surface area (Å²) in [5, 5.41) is 10.8. The molecular weight excluding hydrogens is 294 g/mol. The molecule has 0 radical (unpaired) electrons. The summed E-state index contributed by atoms with van der Waals surface area (Å²) in [5.74, 6) is 0.295. The third-order valence-corrected chi connectivity index (χ3v) is 5.47. The maximum Gasteiger partial charge on any atom is 0.270 e. The molecule has 8 heteroatoms. The maximum atomic E-state index is 12.5. The van der Waals surface area contributed by atoms with Gasteiger partial charge in [-0.3, -0.25) is 10.1 Å². The number of aryl methyl sites for hydroxylation is 2. The van der Waals surface area contributed by atoms with Gasteiger partial charge < -0.3 is 5.73 Å². The van der Waals surface area contributed by atoms with Crippen LogP contribution in [0.15, 0.2) is 17.0 Å². The van der Waals surface area contributed by atoms with E-state index in [1.54, 1.807) is 13.8 Å². The molecule has 21 heavy (non-hydrogen) atoms. The van der Waals surface area contributed by atoms with E-state index in [1.165, 1.54) is 12.1 Å². The summed E-state index contributed by atoms with van der Waals surface area (Å²) < 4.78 is 27.7. The molecule has 116 valence electrons. The smallest absolute Gasteiger partial charge is 0.270 e. The van der Waals surface area contributed by atoms with E-state index in [0.29, 0.717) is 17.0 Å². The van der Waals surface area contributed by atoms with Gasteiger partial charge in [0, 0.05) is 24.7 Å². The van der Waals surface area contributed by atoms with E-state index in [-0.39, 0.29) is 23.2 Å². The Bertz CT molecular complexity index is 645. The van der Waals surface area contributed by atoms with Crippen LogP contribution in [0.1, 0.15) is 24.0 Å². The number of benzene rings is 1. The number of hydrogen-bond acceptors (Lipinski definition) is 5. The summed E-state index contributed by atoms with van der Waals surface area (Å²) in [6.45, 7) is 3.36. The lowest BCUT2D eigenvalue weighted by Crippen LogP contribution is -2.42. The summed E-state index contributed by atoms with van der Waals surface area (Å²) in [6.07, 6.45) is 1.95. The average Bonchev–Trinajstić information content (AvgIpc) is 3.18. The molecule has 0 amide bonds. The number of nitrogens with one attached hydrogen (secondary N) is 1. The highest BCUT2D eigenvalue weighted by Crippen LogP contribution is 2.33. The normalized spacial score (nSPS) is 16.7. The molecule has 1 aliphatic rings. The molecule has 1 saturated carbocycles. The van der Waals surface area contributed by atoms with Gasteiger partial charge in [0.2, 0.25) is 10.0 Å². The van der Waals surface area contributed by atoms with Crippen LogP contribution in [0.4, 0.5) is 5.69 Å². The third-order valence-electron chi connectivity index (χ3n) is 3.68. The molecule has 7 nitrogen and oxygen atoms in total. The first-order valence-electron chi connectivity index (χ1n) is 6.74. The summed E-state index contributed by atoms with van der Waals surface area (Å²) in [4.78, 5) is 10.4. The molecule has 0 spiro atoms. The molecule has 0 unspecified atom stereocenters. The van der Waals surface area contributed by atoms with Crippen LogP contribution < -0.4 is 10.5 Å². The zero-order valence-electron chi connectivity index (χ0n) is 12.0. The monoisotopic (exact) mass is 313 g/mol. The van der Waals surface area contributed by atoms with Crippen molar-refractivity contribution in [1.29, 1.82) is 0 Å². The number of nitro groups is 1. The number of nitrogens with zero attached hydrogens (tertiary/aromatic N) is 1. The average molecular weight is 313 g/mol. The Morgan fingerprint density at radius 3 is 2.29 bits per heavy atom. The van der Waals surface area contributed by atoms with Gasteiger partial charge in [-0.2, -0.15) is 0 Å². The molecule has 1 aromatic rings. The fourth-order valence-electron chi connectivity index (χ4n) is 2.55. The van der Waals surface area contributed by atoms with E-state index < -0.39 is 14.9 Å². The van der Waals surface area contributed by atoms with Crippen molar-refractivity contribution in [2.75, 3.05) is 6.54 Å². The van der Waals surface area contributed by atoms with Gasteiger partial charge in [-0.05, 0) is 43.7 Å². The number of rotatable bonds is 6. The lowest BCUT2D eigenvalue weighted by atomic mass is 10.1. The Morgan fingerprint density at radius 2 is 1.90 bits per heavy atom. The summed E-state index contributed by atoms with van der Waals surface area (Å²) >= 11 is 0.